The summed E-state index contributed by atoms with van der Waals surface area (Å²) in [5.74, 6) is 0.724. The van der Waals surface area contributed by atoms with Crippen molar-refractivity contribution in [3.63, 3.8) is 0 Å². The van der Waals surface area contributed by atoms with Gasteiger partial charge in [0.15, 0.2) is 0 Å². The summed E-state index contributed by atoms with van der Waals surface area (Å²) in [6, 6.07) is 10.8. The Morgan fingerprint density at radius 1 is 1.19 bits per heavy atom. The highest BCUT2D eigenvalue weighted by Crippen LogP contribution is 2.21. The van der Waals surface area contributed by atoms with Gasteiger partial charge in [0.2, 0.25) is 0 Å². The van der Waals surface area contributed by atoms with Gasteiger partial charge in [-0.2, -0.15) is 0 Å². The Labute approximate surface area is 131 Å². The Bertz CT molecular complexity index is 374. The Balaban J connectivity index is 2.36. The second-order valence-electron chi connectivity index (χ2n) is 7.16. The molecule has 0 aliphatic carbocycles. The molecule has 0 heterocycles. The quantitative estimate of drug-likeness (QED) is 0.704. The van der Waals surface area contributed by atoms with Crippen LogP contribution in [0.25, 0.3) is 0 Å². The van der Waals surface area contributed by atoms with Crippen molar-refractivity contribution >= 4 is 0 Å². The number of rotatable bonds is 10. The van der Waals surface area contributed by atoms with Crippen LogP contribution in [0, 0.1) is 11.3 Å². The maximum Gasteiger partial charge on any atom is 0.00445 e. The molecule has 0 saturated heterocycles. The minimum absolute atomic E-state index is 0.361. The zero-order valence-corrected chi connectivity index (χ0v) is 14.7. The van der Waals surface area contributed by atoms with Crippen molar-refractivity contribution in [2.75, 3.05) is 33.2 Å². The predicted molar refractivity (Wildman–Crippen MR) is 93.7 cm³/mol. The number of nitrogens with one attached hydrogen (secondary N) is 1. The number of likely N-dealkylation sites (N-methyl/N-ethyl adjacent to an activating group) is 1. The molecule has 2 heteroatoms. The molecular weight excluding hydrogens is 256 g/mol. The molecule has 0 radical (unpaired) electrons. The molecule has 2 nitrogen and oxygen atoms in total. The third kappa shape index (κ3) is 7.63. The fourth-order valence-corrected chi connectivity index (χ4v) is 2.65. The lowest BCUT2D eigenvalue weighted by molar-refractivity contribution is 0.180. The average molecular weight is 290 g/mol. The van der Waals surface area contributed by atoms with Crippen LogP contribution in [0.2, 0.25) is 0 Å². The third-order valence-electron chi connectivity index (χ3n) is 4.23. The molecular formula is C19H34N2. The largest absolute Gasteiger partial charge is 0.316 e. The molecule has 1 rings (SSSR count). The van der Waals surface area contributed by atoms with Crippen molar-refractivity contribution in [1.29, 1.82) is 0 Å². The molecule has 0 amide bonds. The van der Waals surface area contributed by atoms with Gasteiger partial charge in [-0.1, -0.05) is 58.0 Å². The molecule has 1 N–H and O–H groups in total. The molecule has 0 aliphatic heterocycles. The van der Waals surface area contributed by atoms with E-state index in [0.29, 0.717) is 5.41 Å². The fourth-order valence-electron chi connectivity index (χ4n) is 2.65. The molecule has 1 aromatic rings. The molecule has 21 heavy (non-hydrogen) atoms. The Kier molecular flexibility index (Phi) is 7.98. The lowest BCUT2D eigenvalue weighted by Crippen LogP contribution is -2.42. The van der Waals surface area contributed by atoms with Gasteiger partial charge in [-0.3, -0.25) is 0 Å². The monoisotopic (exact) mass is 290 g/mol. The summed E-state index contributed by atoms with van der Waals surface area (Å²) >= 11 is 0. The van der Waals surface area contributed by atoms with Crippen LogP contribution in [0.5, 0.6) is 0 Å². The summed E-state index contributed by atoms with van der Waals surface area (Å²) in [5.41, 5.74) is 1.79. The first-order valence-corrected chi connectivity index (χ1v) is 8.38. The van der Waals surface area contributed by atoms with Gasteiger partial charge in [0.05, 0.1) is 0 Å². The second kappa shape index (κ2) is 9.22. The van der Waals surface area contributed by atoms with E-state index in [4.69, 9.17) is 0 Å². The molecule has 120 valence electrons. The van der Waals surface area contributed by atoms with E-state index in [-0.39, 0.29) is 0 Å². The van der Waals surface area contributed by atoms with E-state index in [1.807, 2.05) is 0 Å². The molecule has 1 atom stereocenters. The third-order valence-corrected chi connectivity index (χ3v) is 4.23. The van der Waals surface area contributed by atoms with Crippen LogP contribution in [-0.4, -0.2) is 38.1 Å². The summed E-state index contributed by atoms with van der Waals surface area (Å²) in [6.07, 6.45) is 2.35. The summed E-state index contributed by atoms with van der Waals surface area (Å²) in [6.45, 7) is 13.7. The molecule has 0 bridgehead atoms. The highest BCUT2D eigenvalue weighted by atomic mass is 15.1. The minimum atomic E-state index is 0.361. The molecule has 1 unspecified atom stereocenters. The van der Waals surface area contributed by atoms with Crippen LogP contribution in [0.1, 0.15) is 39.7 Å². The molecule has 0 saturated carbocycles. The molecule has 0 aromatic heterocycles. The number of nitrogens with zero attached hydrogens (tertiary/aromatic N) is 1. The van der Waals surface area contributed by atoms with Gasteiger partial charge in [-0.25, -0.2) is 0 Å². The van der Waals surface area contributed by atoms with Gasteiger partial charge in [0.25, 0.3) is 0 Å². The molecule has 0 spiro atoms. The molecule has 1 aromatic carbocycles. The average Bonchev–Trinajstić information content (AvgIpc) is 2.46. The van der Waals surface area contributed by atoms with Gasteiger partial charge in [-0.15, -0.1) is 0 Å². The Hall–Kier alpha value is -0.860. The van der Waals surface area contributed by atoms with Crippen molar-refractivity contribution < 1.29 is 0 Å². The fraction of sp³-hybridized carbons (Fsp3) is 0.684. The first-order valence-electron chi connectivity index (χ1n) is 8.38. The van der Waals surface area contributed by atoms with Gasteiger partial charge in [0.1, 0.15) is 0 Å². The van der Waals surface area contributed by atoms with Gasteiger partial charge < -0.3 is 10.2 Å². The maximum atomic E-state index is 3.63. The maximum absolute atomic E-state index is 3.63. The minimum Gasteiger partial charge on any atom is -0.316 e. The number of benzene rings is 1. The van der Waals surface area contributed by atoms with Crippen molar-refractivity contribution in [2.24, 2.45) is 11.3 Å². The summed E-state index contributed by atoms with van der Waals surface area (Å²) in [4.78, 5) is 2.48. The van der Waals surface area contributed by atoms with E-state index < -0.39 is 0 Å². The van der Waals surface area contributed by atoms with E-state index >= 15 is 0 Å². The van der Waals surface area contributed by atoms with Crippen LogP contribution in [0.4, 0.5) is 0 Å². The Morgan fingerprint density at radius 2 is 1.86 bits per heavy atom. The zero-order valence-electron chi connectivity index (χ0n) is 14.7. The summed E-state index contributed by atoms with van der Waals surface area (Å²) < 4.78 is 0. The van der Waals surface area contributed by atoms with Crippen LogP contribution >= 0.6 is 0 Å². The van der Waals surface area contributed by atoms with Crippen molar-refractivity contribution in [3.8, 4) is 0 Å². The number of hydrogen-bond acceptors (Lipinski definition) is 2. The predicted octanol–water partition coefficient (Wildman–Crippen LogP) is 3.82. The standard InChI is InChI=1S/C19H34N2/c1-6-19(4,15-20-14-17(2)3)16-21(5)13-12-18-10-8-7-9-11-18/h7-11,17,20H,6,12-16H2,1-5H3. The van der Waals surface area contributed by atoms with Crippen molar-refractivity contribution in [1.82, 2.24) is 10.2 Å². The van der Waals surface area contributed by atoms with E-state index in [0.717, 1.165) is 38.5 Å². The van der Waals surface area contributed by atoms with Crippen molar-refractivity contribution in [2.45, 2.75) is 40.5 Å². The van der Waals surface area contributed by atoms with E-state index in [1.54, 1.807) is 0 Å². The van der Waals surface area contributed by atoms with E-state index in [1.165, 1.54) is 12.0 Å². The molecule has 0 fully saturated rings. The summed E-state index contributed by atoms with van der Waals surface area (Å²) in [5, 5.41) is 3.63. The molecule has 0 aliphatic rings. The van der Waals surface area contributed by atoms with Gasteiger partial charge in [-0.05, 0) is 43.3 Å². The van der Waals surface area contributed by atoms with Crippen LogP contribution in [0.15, 0.2) is 30.3 Å². The zero-order chi connectivity index (χ0) is 15.7. The lowest BCUT2D eigenvalue weighted by Gasteiger charge is -2.33. The SMILES string of the molecule is CCC(C)(CNCC(C)C)CN(C)CCc1ccccc1. The highest BCUT2D eigenvalue weighted by Gasteiger charge is 2.23. The Morgan fingerprint density at radius 3 is 2.43 bits per heavy atom. The topological polar surface area (TPSA) is 15.3 Å². The van der Waals surface area contributed by atoms with E-state index in [9.17, 15) is 0 Å². The van der Waals surface area contributed by atoms with Crippen LogP contribution < -0.4 is 5.32 Å². The van der Waals surface area contributed by atoms with Gasteiger partial charge in [0, 0.05) is 19.6 Å². The number of hydrogen-bond donors (Lipinski definition) is 1. The summed E-state index contributed by atoms with van der Waals surface area (Å²) in [7, 11) is 2.25. The first kappa shape index (κ1) is 18.2. The smallest absolute Gasteiger partial charge is 0.00445 e. The van der Waals surface area contributed by atoms with Crippen molar-refractivity contribution in [3.05, 3.63) is 35.9 Å². The van der Waals surface area contributed by atoms with Crippen LogP contribution in [0.3, 0.4) is 0 Å². The van der Waals surface area contributed by atoms with Crippen LogP contribution in [-0.2, 0) is 6.42 Å². The van der Waals surface area contributed by atoms with Gasteiger partial charge >= 0.3 is 0 Å². The normalized spacial score (nSPS) is 14.6. The van der Waals surface area contributed by atoms with E-state index in [2.05, 4.69) is 75.3 Å². The highest BCUT2D eigenvalue weighted by molar-refractivity contribution is 5.14. The lowest BCUT2D eigenvalue weighted by atomic mass is 9.86. The second-order valence-corrected chi connectivity index (χ2v) is 7.16. The first-order chi connectivity index (χ1) is 9.95.